The van der Waals surface area contributed by atoms with E-state index in [2.05, 4.69) is 20.2 Å². The summed E-state index contributed by atoms with van der Waals surface area (Å²) in [6.07, 6.45) is 6.45. The van der Waals surface area contributed by atoms with E-state index in [-0.39, 0.29) is 0 Å². The second-order valence-corrected chi connectivity index (χ2v) is 2.50. The molecule has 0 atom stereocenters. The van der Waals surface area contributed by atoms with Gasteiger partial charge in [-0.05, 0) is 13.8 Å². The van der Waals surface area contributed by atoms with Crippen molar-refractivity contribution < 1.29 is 0 Å². The van der Waals surface area contributed by atoms with E-state index in [9.17, 15) is 0 Å². The van der Waals surface area contributed by atoms with E-state index in [0.717, 1.165) is 13.1 Å². The number of nitrogens with zero attached hydrogens (tertiary/aromatic N) is 6. The summed E-state index contributed by atoms with van der Waals surface area (Å²) in [5.74, 6) is 0. The van der Waals surface area contributed by atoms with Crippen LogP contribution < -0.4 is 0 Å². The first kappa shape index (κ1) is 10.4. The maximum Gasteiger partial charge on any atom is 0.137 e. The van der Waals surface area contributed by atoms with Crippen LogP contribution in [-0.2, 0) is 13.1 Å². The summed E-state index contributed by atoms with van der Waals surface area (Å²) in [7, 11) is 0. The van der Waals surface area contributed by atoms with E-state index in [1.165, 1.54) is 12.7 Å². The van der Waals surface area contributed by atoms with Crippen LogP contribution in [0, 0.1) is 0 Å². The predicted molar refractivity (Wildman–Crippen MR) is 51.4 cm³/mol. The highest BCUT2D eigenvalue weighted by Gasteiger charge is 1.79. The molecule has 0 amide bonds. The Hall–Kier alpha value is -1.72. The van der Waals surface area contributed by atoms with Gasteiger partial charge in [0.05, 0.1) is 0 Å². The van der Waals surface area contributed by atoms with Crippen molar-refractivity contribution in [2.24, 2.45) is 0 Å². The summed E-state index contributed by atoms with van der Waals surface area (Å²) in [5, 5.41) is 7.68. The van der Waals surface area contributed by atoms with Crippen molar-refractivity contribution in [1.29, 1.82) is 0 Å². The van der Waals surface area contributed by atoms with Gasteiger partial charge in [0.2, 0.25) is 0 Å². The quantitative estimate of drug-likeness (QED) is 0.702. The molecular formula is C8H14N6. The Morgan fingerprint density at radius 2 is 1.29 bits per heavy atom. The summed E-state index contributed by atoms with van der Waals surface area (Å²) in [6.45, 7) is 5.85. The van der Waals surface area contributed by atoms with Crippen molar-refractivity contribution in [1.82, 2.24) is 29.5 Å². The molecule has 0 N–H and O–H groups in total. The molecule has 2 aromatic rings. The highest BCUT2D eigenvalue weighted by atomic mass is 15.3. The number of hydrogen-bond acceptors (Lipinski definition) is 4. The van der Waals surface area contributed by atoms with Gasteiger partial charge in [-0.2, -0.15) is 10.2 Å². The third-order valence-electron chi connectivity index (χ3n) is 1.58. The van der Waals surface area contributed by atoms with Crippen LogP contribution in [0.15, 0.2) is 25.3 Å². The molecule has 76 valence electrons. The molecule has 14 heavy (non-hydrogen) atoms. The van der Waals surface area contributed by atoms with E-state index in [0.29, 0.717) is 0 Å². The van der Waals surface area contributed by atoms with Gasteiger partial charge in [0.25, 0.3) is 0 Å². The van der Waals surface area contributed by atoms with E-state index in [4.69, 9.17) is 0 Å². The highest BCUT2D eigenvalue weighted by molar-refractivity contribution is 4.53. The molecule has 2 rings (SSSR count). The van der Waals surface area contributed by atoms with Gasteiger partial charge in [-0.1, -0.05) is 0 Å². The van der Waals surface area contributed by atoms with E-state index >= 15 is 0 Å². The van der Waals surface area contributed by atoms with Gasteiger partial charge in [-0.3, -0.25) is 9.36 Å². The topological polar surface area (TPSA) is 61.4 Å². The van der Waals surface area contributed by atoms with E-state index < -0.39 is 0 Å². The van der Waals surface area contributed by atoms with Crippen molar-refractivity contribution in [2.75, 3.05) is 0 Å². The molecule has 0 bridgehead atoms. The maximum atomic E-state index is 3.84. The molecule has 2 aromatic heterocycles. The van der Waals surface area contributed by atoms with Crippen molar-refractivity contribution in [3.8, 4) is 0 Å². The average molecular weight is 194 g/mol. The summed E-state index contributed by atoms with van der Waals surface area (Å²) < 4.78 is 3.53. The first-order chi connectivity index (χ1) is 6.86. The highest BCUT2D eigenvalue weighted by Crippen LogP contribution is 1.74. The van der Waals surface area contributed by atoms with Crippen LogP contribution in [0.3, 0.4) is 0 Å². The zero-order valence-electron chi connectivity index (χ0n) is 8.41. The molecule has 0 fully saturated rings. The Bertz CT molecular complexity index is 277. The van der Waals surface area contributed by atoms with Gasteiger partial charge >= 0.3 is 0 Å². The molecular weight excluding hydrogens is 180 g/mol. The number of rotatable bonds is 2. The van der Waals surface area contributed by atoms with E-state index in [1.807, 2.05) is 13.8 Å². The van der Waals surface area contributed by atoms with Crippen LogP contribution in [-0.4, -0.2) is 29.5 Å². The Kier molecular flexibility index (Phi) is 4.33. The molecule has 0 saturated heterocycles. The average Bonchev–Trinajstić information content (AvgIpc) is 2.92. The number of aromatic nitrogens is 6. The fourth-order valence-corrected chi connectivity index (χ4v) is 0.792. The molecule has 2 heterocycles. The van der Waals surface area contributed by atoms with Crippen LogP contribution in [0.5, 0.6) is 0 Å². The second-order valence-electron chi connectivity index (χ2n) is 2.50. The minimum Gasteiger partial charge on any atom is -0.253 e. The summed E-state index contributed by atoms with van der Waals surface area (Å²) >= 11 is 0. The largest absolute Gasteiger partial charge is 0.253 e. The minimum atomic E-state index is 0.903. The van der Waals surface area contributed by atoms with Gasteiger partial charge in [-0.25, -0.2) is 9.97 Å². The monoisotopic (exact) mass is 194 g/mol. The lowest BCUT2D eigenvalue weighted by molar-refractivity contribution is 0.658. The van der Waals surface area contributed by atoms with Crippen LogP contribution >= 0.6 is 0 Å². The SMILES string of the molecule is CCn1cncn1.CCn1cncn1. The standard InChI is InChI=1S/2C4H7N3/c2*1-2-7-4-5-3-6-7/h2*3-4H,2H2,1H3. The van der Waals surface area contributed by atoms with E-state index in [1.54, 1.807) is 22.0 Å². The molecule has 0 spiro atoms. The molecule has 0 radical (unpaired) electrons. The molecule has 0 saturated carbocycles. The lowest BCUT2D eigenvalue weighted by Crippen LogP contribution is -1.91. The Labute approximate surface area is 82.6 Å². The molecule has 0 aliphatic carbocycles. The van der Waals surface area contributed by atoms with Gasteiger partial charge in [0.15, 0.2) is 0 Å². The first-order valence-corrected chi connectivity index (χ1v) is 4.51. The van der Waals surface area contributed by atoms with Crippen molar-refractivity contribution in [3.63, 3.8) is 0 Å². The third-order valence-corrected chi connectivity index (χ3v) is 1.58. The molecule has 0 aliphatic rings. The third kappa shape index (κ3) is 3.34. The van der Waals surface area contributed by atoms with Gasteiger partial charge in [0.1, 0.15) is 25.3 Å². The summed E-state index contributed by atoms with van der Waals surface area (Å²) in [5.41, 5.74) is 0. The van der Waals surface area contributed by atoms with Crippen LogP contribution in [0.4, 0.5) is 0 Å². The second kappa shape index (κ2) is 5.85. The van der Waals surface area contributed by atoms with Crippen molar-refractivity contribution in [3.05, 3.63) is 25.3 Å². The Morgan fingerprint density at radius 3 is 1.43 bits per heavy atom. The van der Waals surface area contributed by atoms with Gasteiger partial charge < -0.3 is 0 Å². The van der Waals surface area contributed by atoms with Crippen molar-refractivity contribution >= 4 is 0 Å². The first-order valence-electron chi connectivity index (χ1n) is 4.51. The lowest BCUT2D eigenvalue weighted by atomic mass is 10.8. The molecule has 0 aliphatic heterocycles. The van der Waals surface area contributed by atoms with Crippen LogP contribution in [0.1, 0.15) is 13.8 Å². The molecule has 0 aromatic carbocycles. The summed E-state index contributed by atoms with van der Waals surface area (Å²) in [6, 6.07) is 0. The Morgan fingerprint density at radius 1 is 0.857 bits per heavy atom. The zero-order chi connectivity index (χ0) is 10.2. The minimum absolute atomic E-state index is 0.903. The zero-order valence-corrected chi connectivity index (χ0v) is 8.41. The lowest BCUT2D eigenvalue weighted by Gasteiger charge is -1.85. The summed E-state index contributed by atoms with van der Waals surface area (Å²) in [4.78, 5) is 7.49. The molecule has 6 nitrogen and oxygen atoms in total. The molecule has 6 heteroatoms. The number of hydrogen-bond donors (Lipinski definition) is 0. The van der Waals surface area contributed by atoms with Crippen molar-refractivity contribution in [2.45, 2.75) is 26.9 Å². The smallest absolute Gasteiger partial charge is 0.137 e. The molecule has 0 unspecified atom stereocenters. The normalized spacial score (nSPS) is 9.29. The van der Waals surface area contributed by atoms with Gasteiger partial charge in [-0.15, -0.1) is 0 Å². The number of aryl methyl sites for hydroxylation is 2. The maximum absolute atomic E-state index is 3.84. The van der Waals surface area contributed by atoms with Crippen LogP contribution in [0.2, 0.25) is 0 Å². The van der Waals surface area contributed by atoms with Gasteiger partial charge in [0, 0.05) is 13.1 Å². The fourth-order valence-electron chi connectivity index (χ4n) is 0.792. The Balaban J connectivity index is 0.000000140. The van der Waals surface area contributed by atoms with Crippen LogP contribution in [0.25, 0.3) is 0 Å². The fraction of sp³-hybridized carbons (Fsp3) is 0.500. The predicted octanol–water partition coefficient (Wildman–Crippen LogP) is 0.596.